The van der Waals surface area contributed by atoms with Gasteiger partial charge in [0.1, 0.15) is 10.6 Å². The minimum atomic E-state index is -0.302. The lowest BCUT2D eigenvalue weighted by Gasteiger charge is -2.06. The van der Waals surface area contributed by atoms with Crippen LogP contribution in [0.3, 0.4) is 0 Å². The van der Waals surface area contributed by atoms with Gasteiger partial charge < -0.3 is 9.88 Å². The van der Waals surface area contributed by atoms with Crippen molar-refractivity contribution in [3.63, 3.8) is 0 Å². The minimum absolute atomic E-state index is 0.184. The van der Waals surface area contributed by atoms with E-state index in [0.717, 1.165) is 27.3 Å². The smallest absolute Gasteiger partial charge is 0.265 e. The van der Waals surface area contributed by atoms with Crippen LogP contribution in [-0.2, 0) is 0 Å². The maximum absolute atomic E-state index is 13.3. The average molecular weight is 417 g/mol. The van der Waals surface area contributed by atoms with Crippen molar-refractivity contribution in [2.75, 3.05) is 5.32 Å². The van der Waals surface area contributed by atoms with Crippen LogP contribution >= 0.6 is 11.3 Å². The molecule has 5 rings (SSSR count). The van der Waals surface area contributed by atoms with Crippen LogP contribution in [0.4, 0.5) is 10.1 Å². The third-order valence-electron chi connectivity index (χ3n) is 4.77. The Bertz CT molecular complexity index is 1340. The SMILES string of the molecule is Cc1nn(-c2ccc(F)cc2)c2sc(C(=O)Nc3ccc(-n4ccnc4)cc3)cc12. The van der Waals surface area contributed by atoms with Crippen LogP contribution in [0, 0.1) is 12.7 Å². The van der Waals surface area contributed by atoms with Gasteiger partial charge in [-0.25, -0.2) is 14.1 Å². The van der Waals surface area contributed by atoms with E-state index in [4.69, 9.17) is 0 Å². The Morgan fingerprint density at radius 3 is 2.50 bits per heavy atom. The molecule has 0 fully saturated rings. The molecule has 3 heterocycles. The number of rotatable bonds is 4. The zero-order valence-corrected chi connectivity index (χ0v) is 16.7. The third kappa shape index (κ3) is 3.27. The summed E-state index contributed by atoms with van der Waals surface area (Å²) in [4.78, 5) is 18.3. The molecule has 148 valence electrons. The Morgan fingerprint density at radius 1 is 1.07 bits per heavy atom. The number of amides is 1. The van der Waals surface area contributed by atoms with Crippen molar-refractivity contribution in [1.82, 2.24) is 19.3 Å². The number of carbonyl (C=O) groups is 1. The molecule has 30 heavy (non-hydrogen) atoms. The van der Waals surface area contributed by atoms with Crippen LogP contribution in [0.1, 0.15) is 15.4 Å². The van der Waals surface area contributed by atoms with Crippen LogP contribution in [0.15, 0.2) is 73.3 Å². The molecule has 5 aromatic rings. The summed E-state index contributed by atoms with van der Waals surface area (Å²) in [6.45, 7) is 1.89. The van der Waals surface area contributed by atoms with Gasteiger partial charge in [-0.3, -0.25) is 4.79 Å². The van der Waals surface area contributed by atoms with Crippen molar-refractivity contribution in [3.8, 4) is 11.4 Å². The topological polar surface area (TPSA) is 64.7 Å². The Balaban J connectivity index is 1.41. The maximum Gasteiger partial charge on any atom is 0.265 e. The van der Waals surface area contributed by atoms with Gasteiger partial charge >= 0.3 is 0 Å². The summed E-state index contributed by atoms with van der Waals surface area (Å²) in [5.41, 5.74) is 3.23. The van der Waals surface area contributed by atoms with Crippen LogP contribution < -0.4 is 5.32 Å². The molecule has 8 heteroatoms. The minimum Gasteiger partial charge on any atom is -0.321 e. The highest BCUT2D eigenvalue weighted by Crippen LogP contribution is 2.31. The first-order valence-electron chi connectivity index (χ1n) is 9.23. The highest BCUT2D eigenvalue weighted by Gasteiger charge is 2.17. The summed E-state index contributed by atoms with van der Waals surface area (Å²) in [6, 6.07) is 15.5. The Kier molecular flexibility index (Phi) is 4.40. The first-order valence-corrected chi connectivity index (χ1v) is 10.0. The highest BCUT2D eigenvalue weighted by molar-refractivity contribution is 7.20. The molecule has 0 aliphatic carbocycles. The van der Waals surface area contributed by atoms with Crippen molar-refractivity contribution in [3.05, 3.63) is 89.7 Å². The zero-order valence-electron chi connectivity index (χ0n) is 15.9. The van der Waals surface area contributed by atoms with Gasteiger partial charge in [0.05, 0.1) is 22.6 Å². The molecule has 1 N–H and O–H groups in total. The number of aryl methyl sites for hydroxylation is 1. The van der Waals surface area contributed by atoms with Crippen LogP contribution in [0.25, 0.3) is 21.6 Å². The number of halogens is 1. The summed E-state index contributed by atoms with van der Waals surface area (Å²) >= 11 is 1.35. The number of nitrogens with one attached hydrogen (secondary N) is 1. The van der Waals surface area contributed by atoms with Gasteiger partial charge in [0, 0.05) is 29.2 Å². The molecule has 0 saturated heterocycles. The molecule has 0 aliphatic heterocycles. The van der Waals surface area contributed by atoms with E-state index >= 15 is 0 Å². The monoisotopic (exact) mass is 417 g/mol. The van der Waals surface area contributed by atoms with E-state index in [1.807, 2.05) is 48.0 Å². The summed E-state index contributed by atoms with van der Waals surface area (Å²) in [5.74, 6) is -0.485. The lowest BCUT2D eigenvalue weighted by molar-refractivity contribution is 0.103. The molecule has 1 amide bonds. The van der Waals surface area contributed by atoms with Gasteiger partial charge in [0.15, 0.2) is 0 Å². The Labute approximate surface area is 175 Å². The number of nitrogens with zero attached hydrogens (tertiary/aromatic N) is 4. The van der Waals surface area contributed by atoms with Gasteiger partial charge in [0.25, 0.3) is 5.91 Å². The van der Waals surface area contributed by atoms with Crippen molar-refractivity contribution >= 4 is 33.1 Å². The van der Waals surface area contributed by atoms with Gasteiger partial charge in [-0.2, -0.15) is 5.10 Å². The first-order chi connectivity index (χ1) is 14.6. The molecule has 0 bridgehead atoms. The van der Waals surface area contributed by atoms with Crippen molar-refractivity contribution in [1.29, 1.82) is 0 Å². The second kappa shape index (κ2) is 7.23. The number of anilines is 1. The second-order valence-corrected chi connectivity index (χ2v) is 7.80. The van der Waals surface area contributed by atoms with Crippen LogP contribution in [0.5, 0.6) is 0 Å². The van der Waals surface area contributed by atoms with Crippen molar-refractivity contribution in [2.24, 2.45) is 0 Å². The fourth-order valence-corrected chi connectivity index (χ4v) is 4.32. The maximum atomic E-state index is 13.3. The third-order valence-corrected chi connectivity index (χ3v) is 5.88. The van der Waals surface area contributed by atoms with Crippen molar-refractivity contribution < 1.29 is 9.18 Å². The Hall–Kier alpha value is -3.78. The fraction of sp³-hybridized carbons (Fsp3) is 0.0455. The van der Waals surface area contributed by atoms with E-state index in [2.05, 4.69) is 15.4 Å². The fourth-order valence-electron chi connectivity index (χ4n) is 3.24. The molecular formula is C22H16FN5OS. The normalized spacial score (nSPS) is 11.1. The average Bonchev–Trinajstić information content (AvgIpc) is 3.48. The summed E-state index contributed by atoms with van der Waals surface area (Å²) < 4.78 is 16.9. The molecule has 0 radical (unpaired) electrons. The van der Waals surface area contributed by atoms with Gasteiger partial charge in [-0.1, -0.05) is 0 Å². The number of fused-ring (bicyclic) bond motifs is 1. The number of aromatic nitrogens is 4. The lowest BCUT2D eigenvalue weighted by atomic mass is 10.2. The van der Waals surface area contributed by atoms with E-state index < -0.39 is 0 Å². The molecule has 0 atom stereocenters. The first kappa shape index (κ1) is 18.3. The zero-order chi connectivity index (χ0) is 20.7. The number of carbonyl (C=O) groups excluding carboxylic acids is 1. The summed E-state index contributed by atoms with van der Waals surface area (Å²) in [7, 11) is 0. The van der Waals surface area contributed by atoms with E-state index in [9.17, 15) is 9.18 Å². The summed E-state index contributed by atoms with van der Waals surface area (Å²) in [5, 5.41) is 8.38. The van der Waals surface area contributed by atoms with E-state index in [1.54, 1.807) is 29.3 Å². The number of benzene rings is 2. The van der Waals surface area contributed by atoms with Crippen molar-refractivity contribution in [2.45, 2.75) is 6.92 Å². The predicted molar refractivity (Wildman–Crippen MR) is 115 cm³/mol. The molecular weight excluding hydrogens is 401 g/mol. The Morgan fingerprint density at radius 2 is 1.80 bits per heavy atom. The molecule has 0 saturated carbocycles. The molecule has 3 aromatic heterocycles. The van der Waals surface area contributed by atoms with E-state index in [0.29, 0.717) is 10.6 Å². The van der Waals surface area contributed by atoms with E-state index in [1.165, 1.54) is 23.5 Å². The number of hydrogen-bond acceptors (Lipinski definition) is 4. The molecule has 2 aromatic carbocycles. The quantitative estimate of drug-likeness (QED) is 0.449. The standard InChI is InChI=1S/C22H16FN5OS/c1-14-19-12-20(30-22(19)28(26-14)18-6-2-15(23)3-7-18)21(29)25-16-4-8-17(9-5-16)27-11-10-24-13-27/h2-13H,1H3,(H,25,29). The number of thiophene rings is 1. The molecule has 0 aliphatic rings. The van der Waals surface area contributed by atoms with Gasteiger partial charge in [-0.05, 0) is 61.5 Å². The largest absolute Gasteiger partial charge is 0.321 e. The second-order valence-electron chi connectivity index (χ2n) is 6.77. The van der Waals surface area contributed by atoms with Crippen LogP contribution in [-0.4, -0.2) is 25.2 Å². The number of hydrogen-bond donors (Lipinski definition) is 1. The molecule has 0 spiro atoms. The van der Waals surface area contributed by atoms with Crippen LogP contribution in [0.2, 0.25) is 0 Å². The predicted octanol–water partition coefficient (Wildman–Crippen LogP) is 4.97. The van der Waals surface area contributed by atoms with Gasteiger partial charge in [-0.15, -0.1) is 11.3 Å². The molecule has 0 unspecified atom stereocenters. The lowest BCUT2D eigenvalue weighted by Crippen LogP contribution is -2.10. The molecule has 6 nitrogen and oxygen atoms in total. The number of imidazole rings is 1. The highest BCUT2D eigenvalue weighted by atomic mass is 32.1. The van der Waals surface area contributed by atoms with E-state index in [-0.39, 0.29) is 11.7 Å². The summed E-state index contributed by atoms with van der Waals surface area (Å²) in [6.07, 6.45) is 5.29. The van der Waals surface area contributed by atoms with Gasteiger partial charge in [0.2, 0.25) is 0 Å².